The fourth-order valence-electron chi connectivity index (χ4n) is 2.06. The third-order valence-electron chi connectivity index (χ3n) is 3.43. The number of rotatable bonds is 5. The second kappa shape index (κ2) is 7.64. The third kappa shape index (κ3) is 4.63. The quantitative estimate of drug-likeness (QED) is 0.640. The van der Waals surface area contributed by atoms with Gasteiger partial charge in [-0.1, -0.05) is 11.8 Å². The lowest BCUT2D eigenvalue weighted by atomic mass is 10.2. The molecule has 1 N–H and O–H groups in total. The van der Waals surface area contributed by atoms with Gasteiger partial charge >= 0.3 is 6.18 Å². The smallest absolute Gasteiger partial charge is 0.312 e. The molecular formula is C15H13F3N6OS2. The van der Waals surface area contributed by atoms with Gasteiger partial charge in [0, 0.05) is 23.9 Å². The Morgan fingerprint density at radius 3 is 2.81 bits per heavy atom. The van der Waals surface area contributed by atoms with Crippen LogP contribution < -0.4 is 5.32 Å². The number of aromatic nitrogens is 5. The molecule has 0 unspecified atom stereocenters. The van der Waals surface area contributed by atoms with E-state index >= 15 is 0 Å². The van der Waals surface area contributed by atoms with Crippen LogP contribution in [0.3, 0.4) is 0 Å². The van der Waals surface area contributed by atoms with Crippen molar-refractivity contribution in [3.05, 3.63) is 46.3 Å². The lowest BCUT2D eigenvalue weighted by Gasteiger charge is -2.12. The van der Waals surface area contributed by atoms with E-state index < -0.39 is 17.1 Å². The summed E-state index contributed by atoms with van der Waals surface area (Å²) in [4.78, 5) is 19.5. The number of amides is 1. The highest BCUT2D eigenvalue weighted by Crippen LogP contribution is 2.34. The second-order valence-electron chi connectivity index (χ2n) is 5.45. The fourth-order valence-corrected chi connectivity index (χ4v) is 3.64. The summed E-state index contributed by atoms with van der Waals surface area (Å²) >= 11 is 1.84. The van der Waals surface area contributed by atoms with Gasteiger partial charge < -0.3 is 9.88 Å². The van der Waals surface area contributed by atoms with E-state index in [4.69, 9.17) is 0 Å². The van der Waals surface area contributed by atoms with Crippen LogP contribution in [-0.4, -0.2) is 30.6 Å². The molecule has 0 aliphatic carbocycles. The SMILES string of the molecule is C[C@H](Sc1nncn1C)c1ccnc(NC(=O)c2csc(C(F)(F)F)n2)c1. The molecule has 0 aliphatic heterocycles. The van der Waals surface area contributed by atoms with Crippen LogP contribution in [0, 0.1) is 0 Å². The molecule has 3 heterocycles. The number of pyridine rings is 1. The van der Waals surface area contributed by atoms with Crippen molar-refractivity contribution in [3.8, 4) is 0 Å². The molecular weight excluding hydrogens is 401 g/mol. The first-order chi connectivity index (χ1) is 12.7. The highest BCUT2D eigenvalue weighted by molar-refractivity contribution is 7.99. The van der Waals surface area contributed by atoms with E-state index in [1.807, 2.05) is 14.0 Å². The van der Waals surface area contributed by atoms with Gasteiger partial charge in [0.05, 0.1) is 0 Å². The number of hydrogen-bond donors (Lipinski definition) is 1. The van der Waals surface area contributed by atoms with Gasteiger partial charge in [-0.2, -0.15) is 13.2 Å². The lowest BCUT2D eigenvalue weighted by Crippen LogP contribution is -2.14. The van der Waals surface area contributed by atoms with Gasteiger partial charge in [-0.05, 0) is 24.6 Å². The Morgan fingerprint density at radius 2 is 2.19 bits per heavy atom. The first-order valence-electron chi connectivity index (χ1n) is 7.54. The topological polar surface area (TPSA) is 85.6 Å². The van der Waals surface area contributed by atoms with Gasteiger partial charge in [0.1, 0.15) is 17.8 Å². The van der Waals surface area contributed by atoms with Crippen LogP contribution in [0.5, 0.6) is 0 Å². The molecule has 0 saturated carbocycles. The standard InChI is InChI=1S/C15H13F3N6OS2/c1-8(27-14-23-20-7-24(14)2)9-3-4-19-11(5-9)22-12(25)10-6-26-13(21-10)15(16,17)18/h3-8H,1-2H3,(H,19,22,25)/t8-/m0/s1. The van der Waals surface area contributed by atoms with Gasteiger partial charge in [-0.25, -0.2) is 9.97 Å². The zero-order valence-electron chi connectivity index (χ0n) is 14.1. The normalized spacial score (nSPS) is 12.8. The van der Waals surface area contributed by atoms with E-state index in [0.717, 1.165) is 16.1 Å². The molecule has 3 aromatic heterocycles. The van der Waals surface area contributed by atoms with Crippen molar-refractivity contribution in [1.29, 1.82) is 0 Å². The second-order valence-corrected chi connectivity index (χ2v) is 7.61. The van der Waals surface area contributed by atoms with Gasteiger partial charge in [0.25, 0.3) is 5.91 Å². The Morgan fingerprint density at radius 1 is 1.41 bits per heavy atom. The summed E-state index contributed by atoms with van der Waals surface area (Å²) in [7, 11) is 1.83. The zero-order valence-corrected chi connectivity index (χ0v) is 15.7. The van der Waals surface area contributed by atoms with Gasteiger partial charge in [0.15, 0.2) is 10.2 Å². The molecule has 0 bridgehead atoms. The minimum absolute atomic E-state index is 0.0114. The largest absolute Gasteiger partial charge is 0.443 e. The summed E-state index contributed by atoms with van der Waals surface area (Å²) in [6, 6.07) is 3.44. The van der Waals surface area contributed by atoms with Crippen LogP contribution in [0.25, 0.3) is 0 Å². The molecule has 27 heavy (non-hydrogen) atoms. The van der Waals surface area contributed by atoms with Crippen molar-refractivity contribution in [2.75, 3.05) is 5.32 Å². The molecule has 7 nitrogen and oxygen atoms in total. The monoisotopic (exact) mass is 414 g/mol. The van der Waals surface area contributed by atoms with Crippen LogP contribution >= 0.6 is 23.1 Å². The summed E-state index contributed by atoms with van der Waals surface area (Å²) in [5.74, 6) is -0.524. The third-order valence-corrected chi connectivity index (χ3v) is 5.52. The summed E-state index contributed by atoms with van der Waals surface area (Å²) < 4.78 is 39.6. The number of anilines is 1. The molecule has 3 aromatic rings. The maximum absolute atomic E-state index is 12.6. The van der Waals surface area contributed by atoms with E-state index in [-0.39, 0.29) is 16.8 Å². The predicted octanol–water partition coefficient (Wildman–Crippen LogP) is 3.79. The molecule has 1 amide bonds. The Bertz CT molecular complexity index is 955. The van der Waals surface area contributed by atoms with Crippen LogP contribution in [0.1, 0.15) is 33.2 Å². The van der Waals surface area contributed by atoms with Crippen molar-refractivity contribution in [3.63, 3.8) is 0 Å². The molecule has 0 radical (unpaired) electrons. The minimum atomic E-state index is -4.58. The van der Waals surface area contributed by atoms with Gasteiger partial charge in [0.2, 0.25) is 0 Å². The molecule has 1 atom stereocenters. The number of alkyl halides is 3. The first-order valence-corrected chi connectivity index (χ1v) is 9.30. The van der Waals surface area contributed by atoms with Gasteiger partial charge in [-0.15, -0.1) is 21.5 Å². The zero-order chi connectivity index (χ0) is 19.6. The maximum Gasteiger partial charge on any atom is 0.443 e. The number of hydrogen-bond acceptors (Lipinski definition) is 7. The van der Waals surface area contributed by atoms with E-state index in [1.54, 1.807) is 23.0 Å². The molecule has 3 rings (SSSR count). The Balaban J connectivity index is 1.71. The molecule has 0 aromatic carbocycles. The van der Waals surface area contributed by atoms with Crippen LogP contribution in [0.2, 0.25) is 0 Å². The number of carbonyl (C=O) groups is 1. The molecule has 0 fully saturated rings. The predicted molar refractivity (Wildman–Crippen MR) is 94.6 cm³/mol. The highest BCUT2D eigenvalue weighted by Gasteiger charge is 2.35. The number of carbonyl (C=O) groups excluding carboxylic acids is 1. The Hall–Kier alpha value is -2.47. The van der Waals surface area contributed by atoms with Crippen molar-refractivity contribution in [2.45, 2.75) is 23.5 Å². The number of thioether (sulfide) groups is 1. The number of nitrogens with one attached hydrogen (secondary N) is 1. The van der Waals surface area contributed by atoms with Crippen LogP contribution in [0.15, 0.2) is 35.2 Å². The highest BCUT2D eigenvalue weighted by atomic mass is 32.2. The van der Waals surface area contributed by atoms with E-state index in [0.29, 0.717) is 11.3 Å². The average Bonchev–Trinajstić information content (AvgIpc) is 3.25. The number of nitrogens with zero attached hydrogens (tertiary/aromatic N) is 5. The molecule has 12 heteroatoms. The number of aryl methyl sites for hydroxylation is 1. The Kier molecular flexibility index (Phi) is 5.46. The number of halogens is 3. The van der Waals surface area contributed by atoms with Crippen LogP contribution in [-0.2, 0) is 13.2 Å². The Labute approximate surface area is 160 Å². The minimum Gasteiger partial charge on any atom is -0.312 e. The van der Waals surface area contributed by atoms with Crippen LogP contribution in [0.4, 0.5) is 19.0 Å². The summed E-state index contributed by atoms with van der Waals surface area (Å²) in [6.07, 6.45) is -1.47. The lowest BCUT2D eigenvalue weighted by molar-refractivity contribution is -0.137. The van der Waals surface area contributed by atoms with Crippen molar-refractivity contribution < 1.29 is 18.0 Å². The summed E-state index contributed by atoms with van der Waals surface area (Å²) in [5.41, 5.74) is 0.559. The maximum atomic E-state index is 12.6. The van der Waals surface area contributed by atoms with Crippen molar-refractivity contribution in [1.82, 2.24) is 24.7 Å². The molecule has 0 spiro atoms. The average molecular weight is 414 g/mol. The fraction of sp³-hybridized carbons (Fsp3) is 0.267. The van der Waals surface area contributed by atoms with Crippen molar-refractivity contribution in [2.24, 2.45) is 7.05 Å². The molecule has 0 aliphatic rings. The van der Waals surface area contributed by atoms with E-state index in [2.05, 4.69) is 25.5 Å². The van der Waals surface area contributed by atoms with E-state index in [1.165, 1.54) is 18.0 Å². The molecule has 0 saturated heterocycles. The van der Waals surface area contributed by atoms with Gasteiger partial charge in [-0.3, -0.25) is 4.79 Å². The first kappa shape index (κ1) is 19.3. The van der Waals surface area contributed by atoms with Crippen molar-refractivity contribution >= 4 is 34.8 Å². The van der Waals surface area contributed by atoms with E-state index in [9.17, 15) is 18.0 Å². The summed E-state index contributed by atoms with van der Waals surface area (Å²) in [6.45, 7) is 1.95. The molecule has 142 valence electrons. The summed E-state index contributed by atoms with van der Waals surface area (Å²) in [5, 5.41) is 11.0. The number of thiazole rings is 1.